The molecule has 29 heavy (non-hydrogen) atoms. The lowest BCUT2D eigenvalue weighted by atomic mass is 10.1. The van der Waals surface area contributed by atoms with E-state index < -0.39 is 0 Å². The van der Waals surface area contributed by atoms with Crippen molar-refractivity contribution in [3.05, 3.63) is 70.1 Å². The van der Waals surface area contributed by atoms with E-state index in [9.17, 15) is 9.59 Å². The van der Waals surface area contributed by atoms with Gasteiger partial charge in [-0.1, -0.05) is 48.0 Å². The van der Waals surface area contributed by atoms with E-state index in [1.54, 1.807) is 0 Å². The van der Waals surface area contributed by atoms with Crippen molar-refractivity contribution in [3.63, 3.8) is 0 Å². The van der Waals surface area contributed by atoms with Gasteiger partial charge in [-0.3, -0.25) is 9.59 Å². The van der Waals surface area contributed by atoms with Crippen molar-refractivity contribution < 1.29 is 9.59 Å². The standard InChI is InChI=1S/C22H22ClN3O2S/c1-14(24-15(2)27)17-6-8-18(9-7-17)20-13-29-22(25-20)26-21(28)12-5-16-3-10-19(23)11-4-16/h3-4,6-11,13-14H,5,12H2,1-2H3,(H,24,27)(H,25,26,28). The predicted octanol–water partition coefficient (Wildman–Crippen LogP) is 5.23. The Labute approximate surface area is 179 Å². The number of aromatic nitrogens is 1. The van der Waals surface area contributed by atoms with E-state index in [-0.39, 0.29) is 17.9 Å². The summed E-state index contributed by atoms with van der Waals surface area (Å²) >= 11 is 7.27. The Morgan fingerprint density at radius 2 is 1.79 bits per heavy atom. The fourth-order valence-corrected chi connectivity index (χ4v) is 3.75. The molecule has 3 rings (SSSR count). The molecule has 0 aliphatic rings. The van der Waals surface area contributed by atoms with Crippen LogP contribution >= 0.6 is 22.9 Å². The molecule has 150 valence electrons. The van der Waals surface area contributed by atoms with E-state index >= 15 is 0 Å². The first-order valence-electron chi connectivity index (χ1n) is 9.28. The van der Waals surface area contributed by atoms with Crippen LogP contribution in [0.4, 0.5) is 5.13 Å². The van der Waals surface area contributed by atoms with Gasteiger partial charge in [-0.05, 0) is 36.6 Å². The number of amides is 2. The summed E-state index contributed by atoms with van der Waals surface area (Å²) in [5.41, 5.74) is 3.86. The summed E-state index contributed by atoms with van der Waals surface area (Å²) in [4.78, 5) is 27.9. The van der Waals surface area contributed by atoms with Crippen LogP contribution in [0.3, 0.4) is 0 Å². The zero-order valence-corrected chi connectivity index (χ0v) is 17.8. The van der Waals surface area contributed by atoms with Crippen molar-refractivity contribution in [3.8, 4) is 11.3 Å². The van der Waals surface area contributed by atoms with Gasteiger partial charge in [0.15, 0.2) is 5.13 Å². The number of hydrogen-bond acceptors (Lipinski definition) is 4. The van der Waals surface area contributed by atoms with Gasteiger partial charge in [0.2, 0.25) is 11.8 Å². The molecule has 5 nitrogen and oxygen atoms in total. The molecule has 2 amide bonds. The Kier molecular flexibility index (Phi) is 7.01. The number of rotatable bonds is 7. The summed E-state index contributed by atoms with van der Waals surface area (Å²) < 4.78 is 0. The van der Waals surface area contributed by atoms with Gasteiger partial charge < -0.3 is 10.6 Å². The number of nitrogens with zero attached hydrogens (tertiary/aromatic N) is 1. The Balaban J connectivity index is 1.56. The molecule has 0 saturated carbocycles. The van der Waals surface area contributed by atoms with Crippen molar-refractivity contribution in [2.45, 2.75) is 32.7 Å². The molecular weight excluding hydrogens is 406 g/mol. The first-order chi connectivity index (χ1) is 13.9. The van der Waals surface area contributed by atoms with Crippen LogP contribution < -0.4 is 10.6 Å². The molecule has 0 aliphatic carbocycles. The first-order valence-corrected chi connectivity index (χ1v) is 10.5. The normalized spacial score (nSPS) is 11.7. The highest BCUT2D eigenvalue weighted by atomic mass is 35.5. The van der Waals surface area contributed by atoms with Crippen LogP contribution in [0.5, 0.6) is 0 Å². The second-order valence-corrected chi connectivity index (χ2v) is 8.05. The van der Waals surface area contributed by atoms with Crippen molar-refractivity contribution >= 4 is 39.9 Å². The summed E-state index contributed by atoms with van der Waals surface area (Å²) in [7, 11) is 0. The van der Waals surface area contributed by atoms with E-state index in [0.717, 1.165) is 22.4 Å². The molecule has 1 heterocycles. The average molecular weight is 428 g/mol. The number of carbonyl (C=O) groups is 2. The average Bonchev–Trinajstić information content (AvgIpc) is 3.15. The van der Waals surface area contributed by atoms with Gasteiger partial charge in [0, 0.05) is 29.3 Å². The van der Waals surface area contributed by atoms with Gasteiger partial charge in [-0.15, -0.1) is 11.3 Å². The van der Waals surface area contributed by atoms with Gasteiger partial charge in [0.1, 0.15) is 0 Å². The highest BCUT2D eigenvalue weighted by Gasteiger charge is 2.10. The predicted molar refractivity (Wildman–Crippen MR) is 118 cm³/mol. The minimum Gasteiger partial charge on any atom is -0.350 e. The van der Waals surface area contributed by atoms with E-state index in [4.69, 9.17) is 11.6 Å². The van der Waals surface area contributed by atoms with Crippen LogP contribution in [0.15, 0.2) is 53.9 Å². The van der Waals surface area contributed by atoms with Crippen LogP contribution in [-0.2, 0) is 16.0 Å². The minimum atomic E-state index is -0.0691. The molecule has 7 heteroatoms. The number of hydrogen-bond donors (Lipinski definition) is 2. The second-order valence-electron chi connectivity index (χ2n) is 6.76. The number of aryl methyl sites for hydroxylation is 1. The smallest absolute Gasteiger partial charge is 0.226 e. The zero-order valence-electron chi connectivity index (χ0n) is 16.2. The van der Waals surface area contributed by atoms with Crippen LogP contribution in [0, 0.1) is 0 Å². The molecule has 0 bridgehead atoms. The summed E-state index contributed by atoms with van der Waals surface area (Å²) in [5.74, 6) is -0.127. The Hall–Kier alpha value is -2.70. The number of benzene rings is 2. The lowest BCUT2D eigenvalue weighted by molar-refractivity contribution is -0.119. The maximum absolute atomic E-state index is 12.2. The fraction of sp³-hybridized carbons (Fsp3) is 0.227. The summed E-state index contributed by atoms with van der Waals surface area (Å²) in [5, 5.41) is 8.91. The van der Waals surface area contributed by atoms with E-state index in [1.807, 2.05) is 60.8 Å². The van der Waals surface area contributed by atoms with Gasteiger partial charge in [-0.2, -0.15) is 0 Å². The van der Waals surface area contributed by atoms with Gasteiger partial charge in [0.25, 0.3) is 0 Å². The molecular formula is C22H22ClN3O2S. The number of thiazole rings is 1. The molecule has 2 N–H and O–H groups in total. The molecule has 0 spiro atoms. The minimum absolute atomic E-state index is 0.0486. The summed E-state index contributed by atoms with van der Waals surface area (Å²) in [6, 6.07) is 15.3. The van der Waals surface area contributed by atoms with E-state index in [0.29, 0.717) is 23.0 Å². The quantitative estimate of drug-likeness (QED) is 0.542. The zero-order chi connectivity index (χ0) is 20.8. The lowest BCUT2D eigenvalue weighted by Gasteiger charge is -2.13. The molecule has 2 aromatic carbocycles. The molecule has 0 saturated heterocycles. The maximum atomic E-state index is 12.2. The van der Waals surface area contributed by atoms with Crippen LogP contribution in [0.1, 0.15) is 37.4 Å². The van der Waals surface area contributed by atoms with Crippen LogP contribution in [0.25, 0.3) is 11.3 Å². The third kappa shape index (κ3) is 6.14. The molecule has 1 unspecified atom stereocenters. The first kappa shape index (κ1) is 21.0. The van der Waals surface area contributed by atoms with Crippen molar-refractivity contribution in [2.24, 2.45) is 0 Å². The van der Waals surface area contributed by atoms with Gasteiger partial charge >= 0.3 is 0 Å². The maximum Gasteiger partial charge on any atom is 0.226 e. The number of carbonyl (C=O) groups excluding carboxylic acids is 2. The SMILES string of the molecule is CC(=O)NC(C)c1ccc(-c2csc(NC(=O)CCc3ccc(Cl)cc3)n2)cc1. The van der Waals surface area contributed by atoms with Crippen LogP contribution in [-0.4, -0.2) is 16.8 Å². The number of halogens is 1. The summed E-state index contributed by atoms with van der Waals surface area (Å²) in [6.07, 6.45) is 1.03. The van der Waals surface area contributed by atoms with Gasteiger partial charge in [0.05, 0.1) is 11.7 Å². The largest absolute Gasteiger partial charge is 0.350 e. The van der Waals surface area contributed by atoms with Crippen molar-refractivity contribution in [1.29, 1.82) is 0 Å². The lowest BCUT2D eigenvalue weighted by Crippen LogP contribution is -2.23. The highest BCUT2D eigenvalue weighted by Crippen LogP contribution is 2.26. The molecule has 0 radical (unpaired) electrons. The monoisotopic (exact) mass is 427 g/mol. The third-order valence-electron chi connectivity index (χ3n) is 4.43. The van der Waals surface area contributed by atoms with E-state index in [2.05, 4.69) is 15.6 Å². The Morgan fingerprint density at radius 1 is 1.10 bits per heavy atom. The number of anilines is 1. The third-order valence-corrected chi connectivity index (χ3v) is 5.44. The topological polar surface area (TPSA) is 71.1 Å². The second kappa shape index (κ2) is 9.67. The van der Waals surface area contributed by atoms with Crippen LogP contribution in [0.2, 0.25) is 5.02 Å². The molecule has 0 fully saturated rings. The highest BCUT2D eigenvalue weighted by molar-refractivity contribution is 7.14. The number of nitrogens with one attached hydrogen (secondary N) is 2. The Bertz CT molecular complexity index is 984. The molecule has 0 aliphatic heterocycles. The van der Waals surface area contributed by atoms with Gasteiger partial charge in [-0.25, -0.2) is 4.98 Å². The molecule has 1 aromatic heterocycles. The summed E-state index contributed by atoms with van der Waals surface area (Å²) in [6.45, 7) is 3.45. The molecule has 1 atom stereocenters. The van der Waals surface area contributed by atoms with Crippen molar-refractivity contribution in [1.82, 2.24) is 10.3 Å². The fourth-order valence-electron chi connectivity index (χ4n) is 2.89. The van der Waals surface area contributed by atoms with Crippen molar-refractivity contribution in [2.75, 3.05) is 5.32 Å². The van der Waals surface area contributed by atoms with E-state index in [1.165, 1.54) is 18.3 Å². The molecule has 3 aromatic rings. The Morgan fingerprint density at radius 3 is 2.45 bits per heavy atom.